The molecule has 5 heteroatoms. The first-order valence-corrected chi connectivity index (χ1v) is 5.98. The summed E-state index contributed by atoms with van der Waals surface area (Å²) in [7, 11) is 0. The van der Waals surface area contributed by atoms with Crippen molar-refractivity contribution in [1.82, 2.24) is 5.32 Å². The molecule has 0 fully saturated rings. The lowest BCUT2D eigenvalue weighted by Crippen LogP contribution is -2.26. The van der Waals surface area contributed by atoms with E-state index in [1.807, 2.05) is 13.8 Å². The topological polar surface area (TPSA) is 30.5 Å². The summed E-state index contributed by atoms with van der Waals surface area (Å²) >= 11 is 0. The standard InChI is InChI=1S/C13H19F2NO2/c1-3-17-10(2)8-16-9-11-6-4-5-7-12(11)18-13(14)15/h4-7,10,13,16H,3,8-9H2,1-2H3. The summed E-state index contributed by atoms with van der Waals surface area (Å²) in [6.45, 7) is 2.89. The Hall–Kier alpha value is -1.20. The van der Waals surface area contributed by atoms with E-state index in [2.05, 4.69) is 10.1 Å². The molecule has 0 saturated carbocycles. The molecule has 1 aromatic rings. The molecule has 0 saturated heterocycles. The Kier molecular flexibility index (Phi) is 6.60. The summed E-state index contributed by atoms with van der Waals surface area (Å²) in [5, 5.41) is 3.15. The molecule has 0 radical (unpaired) electrons. The molecule has 1 atom stereocenters. The number of para-hydroxylation sites is 1. The van der Waals surface area contributed by atoms with Gasteiger partial charge in [-0.1, -0.05) is 18.2 Å². The number of hydrogen-bond acceptors (Lipinski definition) is 3. The summed E-state index contributed by atoms with van der Waals surface area (Å²) in [6.07, 6.45) is 0.0955. The molecule has 102 valence electrons. The average molecular weight is 259 g/mol. The molecule has 0 heterocycles. The Labute approximate surface area is 106 Å². The summed E-state index contributed by atoms with van der Waals surface area (Å²) < 4.78 is 34.2. The summed E-state index contributed by atoms with van der Waals surface area (Å²) in [5.74, 6) is 0.212. The van der Waals surface area contributed by atoms with E-state index in [1.54, 1.807) is 18.2 Å². The van der Waals surface area contributed by atoms with E-state index < -0.39 is 6.61 Å². The Bertz CT molecular complexity index is 348. The van der Waals surface area contributed by atoms with Crippen molar-refractivity contribution in [3.8, 4) is 5.75 Å². The second kappa shape index (κ2) is 8.00. The van der Waals surface area contributed by atoms with Crippen molar-refractivity contribution in [3.63, 3.8) is 0 Å². The molecule has 0 aliphatic carbocycles. The van der Waals surface area contributed by atoms with Gasteiger partial charge in [-0.25, -0.2) is 0 Å². The van der Waals surface area contributed by atoms with E-state index in [4.69, 9.17) is 4.74 Å². The van der Waals surface area contributed by atoms with Crippen molar-refractivity contribution in [2.45, 2.75) is 33.1 Å². The number of nitrogens with one attached hydrogen (secondary N) is 1. The minimum absolute atomic E-state index is 0.0955. The van der Waals surface area contributed by atoms with E-state index in [0.717, 1.165) is 0 Å². The third kappa shape index (κ3) is 5.42. The van der Waals surface area contributed by atoms with Crippen LogP contribution in [-0.2, 0) is 11.3 Å². The molecule has 0 bridgehead atoms. The first-order valence-electron chi connectivity index (χ1n) is 5.98. The Morgan fingerprint density at radius 3 is 2.67 bits per heavy atom. The molecule has 1 N–H and O–H groups in total. The van der Waals surface area contributed by atoms with Crippen LogP contribution < -0.4 is 10.1 Å². The molecular formula is C13H19F2NO2. The predicted octanol–water partition coefficient (Wildman–Crippen LogP) is 2.80. The molecule has 0 aliphatic heterocycles. The number of hydrogen-bond donors (Lipinski definition) is 1. The van der Waals surface area contributed by atoms with Gasteiger partial charge in [0.1, 0.15) is 5.75 Å². The van der Waals surface area contributed by atoms with Crippen molar-refractivity contribution in [2.75, 3.05) is 13.2 Å². The lowest BCUT2D eigenvalue weighted by molar-refractivity contribution is -0.0505. The van der Waals surface area contributed by atoms with Gasteiger partial charge < -0.3 is 14.8 Å². The van der Waals surface area contributed by atoms with Crippen molar-refractivity contribution in [2.24, 2.45) is 0 Å². The minimum atomic E-state index is -2.80. The van der Waals surface area contributed by atoms with Crippen molar-refractivity contribution < 1.29 is 18.3 Å². The van der Waals surface area contributed by atoms with Crippen LogP contribution in [0.4, 0.5) is 8.78 Å². The molecule has 18 heavy (non-hydrogen) atoms. The Morgan fingerprint density at radius 1 is 1.28 bits per heavy atom. The monoisotopic (exact) mass is 259 g/mol. The van der Waals surface area contributed by atoms with E-state index in [0.29, 0.717) is 25.3 Å². The zero-order valence-electron chi connectivity index (χ0n) is 10.7. The fourth-order valence-electron chi connectivity index (χ4n) is 1.61. The SMILES string of the molecule is CCOC(C)CNCc1ccccc1OC(F)F. The van der Waals surface area contributed by atoms with Gasteiger partial charge in [0.15, 0.2) is 0 Å². The van der Waals surface area contributed by atoms with Crippen LogP contribution in [0.15, 0.2) is 24.3 Å². The van der Waals surface area contributed by atoms with Gasteiger partial charge in [-0.05, 0) is 19.9 Å². The maximum absolute atomic E-state index is 12.2. The highest BCUT2D eigenvalue weighted by atomic mass is 19.3. The van der Waals surface area contributed by atoms with Crippen molar-refractivity contribution >= 4 is 0 Å². The van der Waals surface area contributed by atoms with Gasteiger partial charge in [-0.15, -0.1) is 0 Å². The van der Waals surface area contributed by atoms with E-state index in [9.17, 15) is 8.78 Å². The van der Waals surface area contributed by atoms with Crippen molar-refractivity contribution in [3.05, 3.63) is 29.8 Å². The summed E-state index contributed by atoms with van der Waals surface area (Å²) in [4.78, 5) is 0. The maximum Gasteiger partial charge on any atom is 0.387 e. The number of halogens is 2. The first kappa shape index (κ1) is 14.9. The molecule has 3 nitrogen and oxygen atoms in total. The normalized spacial score (nSPS) is 12.7. The van der Waals surface area contributed by atoms with E-state index in [-0.39, 0.29) is 11.9 Å². The van der Waals surface area contributed by atoms with Gasteiger partial charge in [0.2, 0.25) is 0 Å². The van der Waals surface area contributed by atoms with Gasteiger partial charge in [-0.3, -0.25) is 0 Å². The van der Waals surface area contributed by atoms with E-state index in [1.165, 1.54) is 6.07 Å². The van der Waals surface area contributed by atoms with Crippen LogP contribution in [-0.4, -0.2) is 25.9 Å². The lowest BCUT2D eigenvalue weighted by atomic mass is 10.2. The molecular weight excluding hydrogens is 240 g/mol. The zero-order chi connectivity index (χ0) is 13.4. The van der Waals surface area contributed by atoms with Crippen molar-refractivity contribution in [1.29, 1.82) is 0 Å². The van der Waals surface area contributed by atoms with Gasteiger partial charge in [0, 0.05) is 25.3 Å². The third-order valence-corrected chi connectivity index (χ3v) is 2.39. The van der Waals surface area contributed by atoms with Gasteiger partial charge in [0.25, 0.3) is 0 Å². The number of benzene rings is 1. The summed E-state index contributed by atoms with van der Waals surface area (Å²) in [5.41, 5.74) is 0.710. The van der Waals surface area contributed by atoms with E-state index >= 15 is 0 Å². The van der Waals surface area contributed by atoms with Crippen LogP contribution in [0.1, 0.15) is 19.4 Å². The molecule has 0 aromatic heterocycles. The fraction of sp³-hybridized carbons (Fsp3) is 0.538. The highest BCUT2D eigenvalue weighted by Gasteiger charge is 2.09. The summed E-state index contributed by atoms with van der Waals surface area (Å²) in [6, 6.07) is 6.76. The zero-order valence-corrected chi connectivity index (χ0v) is 10.7. The first-order chi connectivity index (χ1) is 8.63. The molecule has 1 rings (SSSR count). The smallest absolute Gasteiger partial charge is 0.387 e. The lowest BCUT2D eigenvalue weighted by Gasteiger charge is -2.14. The van der Waals surface area contributed by atoms with Crippen LogP contribution in [0.25, 0.3) is 0 Å². The van der Waals surface area contributed by atoms with Crippen LogP contribution >= 0.6 is 0 Å². The Balaban J connectivity index is 2.46. The minimum Gasteiger partial charge on any atom is -0.434 e. The third-order valence-electron chi connectivity index (χ3n) is 2.39. The highest BCUT2D eigenvalue weighted by Crippen LogP contribution is 2.19. The molecule has 0 aliphatic rings. The predicted molar refractivity (Wildman–Crippen MR) is 65.9 cm³/mol. The average Bonchev–Trinajstić information content (AvgIpc) is 2.31. The van der Waals surface area contributed by atoms with Crippen LogP contribution in [0, 0.1) is 0 Å². The quantitative estimate of drug-likeness (QED) is 0.778. The number of rotatable bonds is 8. The number of alkyl halides is 2. The Morgan fingerprint density at radius 2 is 2.00 bits per heavy atom. The van der Waals surface area contributed by atoms with Crippen LogP contribution in [0.3, 0.4) is 0 Å². The maximum atomic E-state index is 12.2. The molecule has 0 spiro atoms. The van der Waals surface area contributed by atoms with Crippen LogP contribution in [0.5, 0.6) is 5.75 Å². The second-order valence-corrected chi connectivity index (χ2v) is 3.88. The van der Waals surface area contributed by atoms with Gasteiger partial charge in [-0.2, -0.15) is 8.78 Å². The fourth-order valence-corrected chi connectivity index (χ4v) is 1.61. The molecule has 1 unspecified atom stereocenters. The second-order valence-electron chi connectivity index (χ2n) is 3.88. The largest absolute Gasteiger partial charge is 0.434 e. The molecule has 1 aromatic carbocycles. The van der Waals surface area contributed by atoms with Crippen LogP contribution in [0.2, 0.25) is 0 Å². The van der Waals surface area contributed by atoms with Gasteiger partial charge >= 0.3 is 6.61 Å². The molecule has 0 amide bonds. The van der Waals surface area contributed by atoms with Gasteiger partial charge in [0.05, 0.1) is 6.10 Å². The number of ether oxygens (including phenoxy) is 2. The highest BCUT2D eigenvalue weighted by molar-refractivity contribution is 5.33.